The highest BCUT2D eigenvalue weighted by atomic mass is 32.2. The molecule has 2 heterocycles. The van der Waals surface area contributed by atoms with Gasteiger partial charge in [0.1, 0.15) is 35.2 Å². The molecule has 3 aromatic carbocycles. The fourth-order valence-corrected chi connectivity index (χ4v) is 5.72. The molecule has 0 aromatic heterocycles. The van der Waals surface area contributed by atoms with Crippen molar-refractivity contribution in [2.24, 2.45) is 5.73 Å². The van der Waals surface area contributed by atoms with Gasteiger partial charge in [0.2, 0.25) is 5.91 Å². The van der Waals surface area contributed by atoms with E-state index in [0.717, 1.165) is 11.1 Å². The van der Waals surface area contributed by atoms with Gasteiger partial charge in [0.05, 0.1) is 7.11 Å². The fourth-order valence-electron chi connectivity index (χ4n) is 4.45. The maximum atomic E-state index is 13.7. The van der Waals surface area contributed by atoms with Gasteiger partial charge in [0.25, 0.3) is 0 Å². The number of thioether (sulfide) groups is 1. The first-order valence-electron chi connectivity index (χ1n) is 12.6. The molecule has 2 unspecified atom stereocenters. The van der Waals surface area contributed by atoms with Crippen LogP contribution in [0.1, 0.15) is 17.2 Å². The Labute approximate surface area is 235 Å². The molecule has 0 spiro atoms. The number of amides is 1. The lowest BCUT2D eigenvalue weighted by Crippen LogP contribution is -2.68. The number of hydrogen-bond donors (Lipinski definition) is 1. The molecule has 10 heteroatoms. The largest absolute Gasteiger partial charge is 0.497 e. The van der Waals surface area contributed by atoms with E-state index in [-0.39, 0.29) is 30.2 Å². The van der Waals surface area contributed by atoms with Gasteiger partial charge < -0.3 is 24.7 Å². The maximum absolute atomic E-state index is 13.7. The Morgan fingerprint density at radius 1 is 0.950 bits per heavy atom. The Kier molecular flexibility index (Phi) is 8.37. The van der Waals surface area contributed by atoms with E-state index < -0.39 is 24.1 Å². The van der Waals surface area contributed by atoms with E-state index in [2.05, 4.69) is 0 Å². The Morgan fingerprint density at radius 3 is 2.15 bits per heavy atom. The second kappa shape index (κ2) is 12.3. The average molecular weight is 561 g/mol. The van der Waals surface area contributed by atoms with Crippen LogP contribution in [-0.4, -0.2) is 60.2 Å². The van der Waals surface area contributed by atoms with E-state index in [1.54, 1.807) is 31.4 Å². The number of carbonyl (C=O) groups is 3. The van der Waals surface area contributed by atoms with Gasteiger partial charge in [0, 0.05) is 11.3 Å². The average Bonchev–Trinajstić information content (AvgIpc) is 3.01. The van der Waals surface area contributed by atoms with Crippen LogP contribution in [0.25, 0.3) is 0 Å². The highest BCUT2D eigenvalue weighted by molar-refractivity contribution is 8.00. The van der Waals surface area contributed by atoms with Crippen LogP contribution in [0.5, 0.6) is 11.5 Å². The molecule has 1 saturated heterocycles. The van der Waals surface area contributed by atoms with Crippen LogP contribution in [0.4, 0.5) is 0 Å². The van der Waals surface area contributed by atoms with Gasteiger partial charge in [-0.2, -0.15) is 0 Å². The second-order valence-corrected chi connectivity index (χ2v) is 10.2. The lowest BCUT2D eigenvalue weighted by molar-refractivity contribution is -0.153. The number of carbonyl (C=O) groups excluding carboxylic acids is 3. The van der Waals surface area contributed by atoms with Crippen molar-refractivity contribution in [3.8, 4) is 11.5 Å². The first-order valence-corrected chi connectivity index (χ1v) is 13.7. The summed E-state index contributed by atoms with van der Waals surface area (Å²) in [6, 6.07) is 24.8. The molecule has 2 aliphatic heterocycles. The first kappa shape index (κ1) is 27.3. The number of β-lactam (4-membered cyclic amide) rings is 1. The van der Waals surface area contributed by atoms with Crippen molar-refractivity contribution < 1.29 is 33.3 Å². The van der Waals surface area contributed by atoms with Crippen molar-refractivity contribution in [2.75, 3.05) is 26.1 Å². The van der Waals surface area contributed by atoms with E-state index >= 15 is 0 Å². The molecular weight excluding hydrogens is 532 g/mol. The lowest BCUT2D eigenvalue weighted by atomic mass is 10.0. The summed E-state index contributed by atoms with van der Waals surface area (Å²) in [5.41, 5.74) is 8.09. The Balaban J connectivity index is 1.33. The molecule has 206 valence electrons. The zero-order valence-electron chi connectivity index (χ0n) is 21.7. The van der Waals surface area contributed by atoms with Gasteiger partial charge in [0.15, 0.2) is 12.7 Å². The number of fused-ring (bicyclic) bond motifs is 1. The number of benzene rings is 3. The quantitative estimate of drug-likeness (QED) is 0.294. The second-order valence-electron chi connectivity index (χ2n) is 9.12. The zero-order chi connectivity index (χ0) is 28.1. The molecule has 1 amide bonds. The molecule has 0 bridgehead atoms. The van der Waals surface area contributed by atoms with Crippen LogP contribution < -0.4 is 15.2 Å². The molecular formula is C30H28N2O7S. The topological polar surface area (TPSA) is 117 Å². The number of nitrogens with zero attached hydrogens (tertiary/aromatic N) is 1. The normalized spacial score (nSPS) is 18.1. The summed E-state index contributed by atoms with van der Waals surface area (Å²) < 4.78 is 22.1. The minimum absolute atomic E-state index is 0.0659. The van der Waals surface area contributed by atoms with Crippen LogP contribution in [-0.2, 0) is 23.9 Å². The van der Waals surface area contributed by atoms with E-state index in [4.69, 9.17) is 24.7 Å². The van der Waals surface area contributed by atoms with Gasteiger partial charge in [-0.15, -0.1) is 11.8 Å². The molecule has 2 aliphatic rings. The van der Waals surface area contributed by atoms with Crippen LogP contribution in [0, 0.1) is 0 Å². The molecule has 9 nitrogen and oxygen atoms in total. The van der Waals surface area contributed by atoms with E-state index in [1.165, 1.54) is 16.7 Å². The summed E-state index contributed by atoms with van der Waals surface area (Å²) in [6.07, 6.45) is -0.706. The molecule has 5 rings (SSSR count). The molecule has 0 saturated carbocycles. The molecule has 2 atom stereocenters. The third kappa shape index (κ3) is 5.83. The summed E-state index contributed by atoms with van der Waals surface area (Å²) in [5, 5.41) is -0.389. The molecule has 40 heavy (non-hydrogen) atoms. The van der Waals surface area contributed by atoms with Crippen molar-refractivity contribution in [2.45, 2.75) is 17.5 Å². The van der Waals surface area contributed by atoms with Gasteiger partial charge >= 0.3 is 11.9 Å². The summed E-state index contributed by atoms with van der Waals surface area (Å²) >= 11 is 1.41. The van der Waals surface area contributed by atoms with Crippen LogP contribution in [0.15, 0.2) is 96.2 Å². The van der Waals surface area contributed by atoms with Gasteiger partial charge in [-0.25, -0.2) is 9.59 Å². The fraction of sp³-hybridized carbons (Fsp3) is 0.233. The summed E-state index contributed by atoms with van der Waals surface area (Å²) in [6.45, 7) is -0.526. The standard InChI is InChI=1S/C30H28N2O7S/c1-36-22-12-14-23(15-13-22)37-17-24(33)38-16-21-18-40-29-25(31)28(34)32(29)26(21)30(35)39-27(19-8-4-2-5-9-19)20-10-6-3-7-11-20/h2-15,25,27,29H,16-18,31H2,1H3. The molecule has 3 aromatic rings. The van der Waals surface area contributed by atoms with Gasteiger partial charge in [-0.05, 0) is 35.4 Å². The minimum atomic E-state index is -0.714. The third-order valence-corrected chi connectivity index (χ3v) is 7.90. The molecule has 1 fully saturated rings. The van der Waals surface area contributed by atoms with Crippen molar-refractivity contribution in [1.29, 1.82) is 0 Å². The van der Waals surface area contributed by atoms with Crippen molar-refractivity contribution in [3.05, 3.63) is 107 Å². The van der Waals surface area contributed by atoms with E-state index in [1.807, 2.05) is 60.7 Å². The molecule has 0 aliphatic carbocycles. The Hall–Kier alpha value is -4.28. The van der Waals surface area contributed by atoms with Crippen molar-refractivity contribution in [3.63, 3.8) is 0 Å². The number of nitrogens with two attached hydrogens (primary N) is 1. The Morgan fingerprint density at radius 2 is 1.55 bits per heavy atom. The number of rotatable bonds is 10. The third-order valence-electron chi connectivity index (χ3n) is 6.53. The molecule has 2 N–H and O–H groups in total. The van der Waals surface area contributed by atoms with E-state index in [0.29, 0.717) is 22.8 Å². The Bertz CT molecular complexity index is 1360. The predicted molar refractivity (Wildman–Crippen MR) is 148 cm³/mol. The summed E-state index contributed by atoms with van der Waals surface area (Å²) in [4.78, 5) is 40.3. The van der Waals surface area contributed by atoms with Crippen molar-refractivity contribution >= 4 is 29.6 Å². The number of hydrogen-bond acceptors (Lipinski definition) is 9. The van der Waals surface area contributed by atoms with Crippen LogP contribution >= 0.6 is 11.8 Å². The van der Waals surface area contributed by atoms with Crippen LogP contribution in [0.2, 0.25) is 0 Å². The smallest absolute Gasteiger partial charge is 0.356 e. The molecule has 0 radical (unpaired) electrons. The monoisotopic (exact) mass is 560 g/mol. The highest BCUT2D eigenvalue weighted by Gasteiger charge is 2.52. The first-order chi connectivity index (χ1) is 19.5. The van der Waals surface area contributed by atoms with Crippen LogP contribution in [0.3, 0.4) is 0 Å². The highest BCUT2D eigenvalue weighted by Crippen LogP contribution is 2.41. The predicted octanol–water partition coefficient (Wildman–Crippen LogP) is 3.45. The van der Waals surface area contributed by atoms with Gasteiger partial charge in [-0.3, -0.25) is 9.69 Å². The number of ether oxygens (including phenoxy) is 4. The zero-order valence-corrected chi connectivity index (χ0v) is 22.5. The number of esters is 2. The maximum Gasteiger partial charge on any atom is 0.356 e. The number of methoxy groups -OCH3 is 1. The summed E-state index contributed by atoms with van der Waals surface area (Å²) in [7, 11) is 1.56. The lowest BCUT2D eigenvalue weighted by Gasteiger charge is -2.48. The van der Waals surface area contributed by atoms with E-state index in [9.17, 15) is 14.4 Å². The minimum Gasteiger partial charge on any atom is -0.497 e. The van der Waals surface area contributed by atoms with Gasteiger partial charge in [-0.1, -0.05) is 60.7 Å². The SMILES string of the molecule is COc1ccc(OCC(=O)OCC2=C(C(=O)OC(c3ccccc3)c3ccccc3)N3C(=O)C(N)C3SC2)cc1. The summed E-state index contributed by atoms with van der Waals surface area (Å²) in [5.74, 6) is -0.209. The van der Waals surface area contributed by atoms with Crippen molar-refractivity contribution in [1.82, 2.24) is 4.90 Å².